The molecule has 0 aromatic heterocycles. The lowest BCUT2D eigenvalue weighted by molar-refractivity contribution is 0.0951. The van der Waals surface area contributed by atoms with E-state index >= 15 is 0 Å². The Morgan fingerprint density at radius 1 is 1.16 bits per heavy atom. The molecule has 2 N–H and O–H groups in total. The van der Waals surface area contributed by atoms with Crippen molar-refractivity contribution in [3.8, 4) is 5.75 Å². The number of amides is 1. The lowest BCUT2D eigenvalue weighted by Gasteiger charge is -2.09. The molecule has 25 heavy (non-hydrogen) atoms. The van der Waals surface area contributed by atoms with E-state index in [4.69, 9.17) is 4.74 Å². The molecule has 0 heterocycles. The van der Waals surface area contributed by atoms with Gasteiger partial charge in [0.1, 0.15) is 0 Å². The molecule has 0 radical (unpaired) electrons. The quantitative estimate of drug-likeness (QED) is 0.699. The molecule has 0 aliphatic rings. The van der Waals surface area contributed by atoms with Crippen molar-refractivity contribution in [3.63, 3.8) is 0 Å². The summed E-state index contributed by atoms with van der Waals surface area (Å²) in [5, 5.41) is 2.67. The summed E-state index contributed by atoms with van der Waals surface area (Å²) in [6, 6.07) is 11.8. The summed E-state index contributed by atoms with van der Waals surface area (Å²) in [6.45, 7) is 0.561. The molecule has 2 aromatic rings. The summed E-state index contributed by atoms with van der Waals surface area (Å²) in [5.41, 5.74) is 0.242. The number of hydrogen-bond acceptors (Lipinski definition) is 4. The lowest BCUT2D eigenvalue weighted by atomic mass is 10.2. The van der Waals surface area contributed by atoms with Crippen LogP contribution in [0.25, 0.3) is 0 Å². The number of benzene rings is 2. The van der Waals surface area contributed by atoms with E-state index in [9.17, 15) is 17.6 Å². The van der Waals surface area contributed by atoms with Gasteiger partial charge in [0.2, 0.25) is 10.0 Å². The van der Waals surface area contributed by atoms with Crippen LogP contribution in [0.1, 0.15) is 16.8 Å². The number of nitrogens with one attached hydrogen (secondary N) is 2. The Hall–Kier alpha value is -2.45. The highest BCUT2D eigenvalue weighted by molar-refractivity contribution is 7.89. The molecule has 0 saturated carbocycles. The van der Waals surface area contributed by atoms with Crippen LogP contribution >= 0.6 is 0 Å². The minimum Gasteiger partial charge on any atom is -0.490 e. The number of carbonyl (C=O) groups is 1. The van der Waals surface area contributed by atoms with E-state index in [0.717, 1.165) is 0 Å². The highest BCUT2D eigenvalue weighted by Gasteiger charge is 2.14. The van der Waals surface area contributed by atoms with Gasteiger partial charge in [0.05, 0.1) is 11.5 Å². The van der Waals surface area contributed by atoms with E-state index in [-0.39, 0.29) is 28.7 Å². The van der Waals surface area contributed by atoms with Crippen LogP contribution in [0, 0.1) is 5.82 Å². The Morgan fingerprint density at radius 3 is 2.64 bits per heavy atom. The van der Waals surface area contributed by atoms with Crippen molar-refractivity contribution >= 4 is 15.9 Å². The maximum absolute atomic E-state index is 13.4. The van der Waals surface area contributed by atoms with Crippen molar-refractivity contribution in [3.05, 3.63) is 59.9 Å². The standard InChI is InChI=1S/C17H19FN2O4S/c1-19-25(22,23)14-7-4-6-13(12-14)17(21)20-10-5-11-24-16-9-3-2-8-15(16)18/h2-4,6-9,12,19H,5,10-11H2,1H3,(H,20,21). The van der Waals surface area contributed by atoms with Gasteiger partial charge in [0, 0.05) is 12.1 Å². The molecular formula is C17H19FN2O4S. The molecule has 2 rings (SSSR count). The topological polar surface area (TPSA) is 84.5 Å². The van der Waals surface area contributed by atoms with Crippen LogP contribution in [0.3, 0.4) is 0 Å². The third-order valence-corrected chi connectivity index (χ3v) is 4.79. The van der Waals surface area contributed by atoms with Crippen LogP contribution in [-0.4, -0.2) is 34.5 Å². The fourth-order valence-electron chi connectivity index (χ4n) is 2.04. The molecule has 0 bridgehead atoms. The van der Waals surface area contributed by atoms with Crippen LogP contribution in [0.5, 0.6) is 5.75 Å². The first kappa shape index (κ1) is 18.9. The zero-order chi connectivity index (χ0) is 18.3. The second-order valence-electron chi connectivity index (χ2n) is 5.12. The smallest absolute Gasteiger partial charge is 0.251 e. The largest absolute Gasteiger partial charge is 0.490 e. The van der Waals surface area contributed by atoms with Gasteiger partial charge in [-0.05, 0) is 43.8 Å². The Kier molecular flexibility index (Phi) is 6.49. The second-order valence-corrected chi connectivity index (χ2v) is 7.01. The van der Waals surface area contributed by atoms with Crippen LogP contribution in [0.2, 0.25) is 0 Å². The zero-order valence-corrected chi connectivity index (χ0v) is 14.5. The third-order valence-electron chi connectivity index (χ3n) is 3.38. The molecule has 0 aliphatic carbocycles. The number of hydrogen-bond donors (Lipinski definition) is 2. The van der Waals surface area contributed by atoms with Crippen LogP contribution in [0.4, 0.5) is 4.39 Å². The molecule has 0 atom stereocenters. The minimum atomic E-state index is -3.60. The molecule has 0 saturated heterocycles. The lowest BCUT2D eigenvalue weighted by Crippen LogP contribution is -2.26. The molecule has 134 valence electrons. The van der Waals surface area contributed by atoms with E-state index < -0.39 is 15.8 Å². The second kappa shape index (κ2) is 8.59. The summed E-state index contributed by atoms with van der Waals surface area (Å²) < 4.78 is 44.3. The molecule has 8 heteroatoms. The van der Waals surface area contributed by atoms with Crippen LogP contribution in [0.15, 0.2) is 53.4 Å². The number of ether oxygens (including phenoxy) is 1. The van der Waals surface area contributed by atoms with Gasteiger partial charge in [-0.2, -0.15) is 0 Å². The van der Waals surface area contributed by atoms with E-state index in [1.54, 1.807) is 12.1 Å². The van der Waals surface area contributed by atoms with Crippen molar-refractivity contribution in [1.82, 2.24) is 10.0 Å². The van der Waals surface area contributed by atoms with Gasteiger partial charge in [-0.25, -0.2) is 17.5 Å². The van der Waals surface area contributed by atoms with Crippen molar-refractivity contribution in [2.24, 2.45) is 0 Å². The predicted molar refractivity (Wildman–Crippen MR) is 91.5 cm³/mol. The molecule has 0 unspecified atom stereocenters. The molecule has 1 amide bonds. The van der Waals surface area contributed by atoms with E-state index in [2.05, 4.69) is 10.0 Å². The van der Waals surface area contributed by atoms with Gasteiger partial charge in [-0.3, -0.25) is 4.79 Å². The number of rotatable bonds is 8. The molecule has 2 aromatic carbocycles. The maximum Gasteiger partial charge on any atom is 0.251 e. The summed E-state index contributed by atoms with van der Waals surface area (Å²) in [6.07, 6.45) is 0.481. The normalized spacial score (nSPS) is 11.1. The molecule has 0 aliphatic heterocycles. The Balaban J connectivity index is 1.83. The maximum atomic E-state index is 13.4. The van der Waals surface area contributed by atoms with Gasteiger partial charge in [0.15, 0.2) is 11.6 Å². The van der Waals surface area contributed by atoms with Crippen molar-refractivity contribution in [2.75, 3.05) is 20.2 Å². The van der Waals surface area contributed by atoms with E-state index in [0.29, 0.717) is 13.0 Å². The summed E-state index contributed by atoms with van der Waals surface area (Å²) in [7, 11) is -2.30. The average molecular weight is 366 g/mol. The SMILES string of the molecule is CNS(=O)(=O)c1cccc(C(=O)NCCCOc2ccccc2F)c1. The molecule has 0 spiro atoms. The van der Waals surface area contributed by atoms with Gasteiger partial charge in [0.25, 0.3) is 5.91 Å². The van der Waals surface area contributed by atoms with Crippen molar-refractivity contribution in [1.29, 1.82) is 0 Å². The fourth-order valence-corrected chi connectivity index (χ4v) is 2.82. The molecule has 0 fully saturated rings. The highest BCUT2D eigenvalue weighted by Crippen LogP contribution is 2.15. The van der Waals surface area contributed by atoms with Crippen molar-refractivity contribution < 1.29 is 22.3 Å². The Labute approximate surface area is 146 Å². The first-order valence-electron chi connectivity index (χ1n) is 7.63. The minimum absolute atomic E-state index is 0.0190. The van der Waals surface area contributed by atoms with Crippen LogP contribution in [-0.2, 0) is 10.0 Å². The van der Waals surface area contributed by atoms with E-state index in [1.165, 1.54) is 43.4 Å². The monoisotopic (exact) mass is 366 g/mol. The van der Waals surface area contributed by atoms with Crippen molar-refractivity contribution in [2.45, 2.75) is 11.3 Å². The highest BCUT2D eigenvalue weighted by atomic mass is 32.2. The van der Waals surface area contributed by atoms with Crippen LogP contribution < -0.4 is 14.8 Å². The first-order chi connectivity index (χ1) is 11.9. The van der Waals surface area contributed by atoms with Gasteiger partial charge in [-0.1, -0.05) is 18.2 Å². The van der Waals surface area contributed by atoms with Gasteiger partial charge < -0.3 is 10.1 Å². The molecule has 6 nitrogen and oxygen atoms in total. The number of para-hydroxylation sites is 1. The zero-order valence-electron chi connectivity index (χ0n) is 13.7. The van der Waals surface area contributed by atoms with Gasteiger partial charge in [-0.15, -0.1) is 0 Å². The Morgan fingerprint density at radius 2 is 1.92 bits per heavy atom. The summed E-state index contributed by atoms with van der Waals surface area (Å²) in [5.74, 6) is -0.660. The number of sulfonamides is 1. The predicted octanol–water partition coefficient (Wildman–Crippen LogP) is 1.93. The summed E-state index contributed by atoms with van der Waals surface area (Å²) in [4.78, 5) is 12.1. The first-order valence-corrected chi connectivity index (χ1v) is 9.11. The average Bonchev–Trinajstić information content (AvgIpc) is 2.63. The van der Waals surface area contributed by atoms with Gasteiger partial charge >= 0.3 is 0 Å². The molecular weight excluding hydrogens is 347 g/mol. The van der Waals surface area contributed by atoms with E-state index in [1.807, 2.05) is 0 Å². The third kappa shape index (κ3) is 5.27. The number of carbonyl (C=O) groups excluding carboxylic acids is 1. The number of halogens is 1. The summed E-state index contributed by atoms with van der Waals surface area (Å²) >= 11 is 0. The Bertz CT molecular complexity index is 840. The fraction of sp³-hybridized carbons (Fsp3) is 0.235.